The van der Waals surface area contributed by atoms with Gasteiger partial charge >= 0.3 is 0 Å². The maximum absolute atomic E-state index is 6.11. The standard InChI is InChI=1S/C14H18N2/c1-2-3-7-12(15)14-10-9-11-6-4-5-8-13(11)16-14/h4-6,8-10,12H,2-3,7,15H2,1H3. The molecule has 1 heterocycles. The van der Waals surface area contributed by atoms with Crippen LogP contribution in [0.1, 0.15) is 37.9 Å². The normalized spacial score (nSPS) is 12.9. The monoisotopic (exact) mass is 214 g/mol. The summed E-state index contributed by atoms with van der Waals surface area (Å²) < 4.78 is 0. The summed E-state index contributed by atoms with van der Waals surface area (Å²) in [6.07, 6.45) is 3.36. The second-order valence-corrected chi connectivity index (χ2v) is 4.18. The van der Waals surface area contributed by atoms with Crippen LogP contribution in [-0.2, 0) is 0 Å². The van der Waals surface area contributed by atoms with Crippen LogP contribution in [0.25, 0.3) is 10.9 Å². The molecule has 84 valence electrons. The fraction of sp³-hybridized carbons (Fsp3) is 0.357. The minimum Gasteiger partial charge on any atom is -0.323 e. The van der Waals surface area contributed by atoms with E-state index in [2.05, 4.69) is 24.0 Å². The molecule has 2 nitrogen and oxygen atoms in total. The van der Waals surface area contributed by atoms with Crippen molar-refractivity contribution in [1.29, 1.82) is 0 Å². The number of para-hydroxylation sites is 1. The lowest BCUT2D eigenvalue weighted by atomic mass is 10.1. The van der Waals surface area contributed by atoms with Crippen LogP contribution < -0.4 is 5.73 Å². The lowest BCUT2D eigenvalue weighted by Crippen LogP contribution is -2.11. The van der Waals surface area contributed by atoms with Crippen LogP contribution in [0, 0.1) is 0 Å². The Balaban J connectivity index is 2.25. The molecule has 1 aromatic heterocycles. The second-order valence-electron chi connectivity index (χ2n) is 4.18. The van der Waals surface area contributed by atoms with Gasteiger partial charge < -0.3 is 5.73 Å². The van der Waals surface area contributed by atoms with Gasteiger partial charge in [0.1, 0.15) is 0 Å². The van der Waals surface area contributed by atoms with Crippen LogP contribution in [0.3, 0.4) is 0 Å². The number of nitrogens with zero attached hydrogens (tertiary/aromatic N) is 1. The molecule has 0 amide bonds. The molecule has 0 bridgehead atoms. The first-order valence-corrected chi connectivity index (χ1v) is 5.92. The van der Waals surface area contributed by atoms with E-state index in [9.17, 15) is 0 Å². The van der Waals surface area contributed by atoms with Crippen molar-refractivity contribution in [2.75, 3.05) is 0 Å². The van der Waals surface area contributed by atoms with E-state index in [1.54, 1.807) is 0 Å². The molecule has 16 heavy (non-hydrogen) atoms. The van der Waals surface area contributed by atoms with E-state index in [1.807, 2.05) is 24.3 Å². The lowest BCUT2D eigenvalue weighted by Gasteiger charge is -2.10. The number of pyridine rings is 1. The summed E-state index contributed by atoms with van der Waals surface area (Å²) in [6.45, 7) is 2.18. The van der Waals surface area contributed by atoms with Gasteiger partial charge in [0, 0.05) is 11.4 Å². The average molecular weight is 214 g/mol. The Kier molecular flexibility index (Phi) is 3.52. The molecule has 1 unspecified atom stereocenters. The zero-order valence-electron chi connectivity index (χ0n) is 9.69. The highest BCUT2D eigenvalue weighted by molar-refractivity contribution is 5.78. The number of nitrogens with two attached hydrogens (primary N) is 1. The predicted octanol–water partition coefficient (Wildman–Crippen LogP) is 3.42. The quantitative estimate of drug-likeness (QED) is 0.846. The van der Waals surface area contributed by atoms with Gasteiger partial charge in [-0.2, -0.15) is 0 Å². The van der Waals surface area contributed by atoms with Crippen molar-refractivity contribution in [3.63, 3.8) is 0 Å². The first-order valence-electron chi connectivity index (χ1n) is 5.92. The summed E-state index contributed by atoms with van der Waals surface area (Å²) in [6, 6.07) is 12.4. The molecule has 0 saturated carbocycles. The Morgan fingerprint density at radius 3 is 2.81 bits per heavy atom. The van der Waals surface area contributed by atoms with Crippen molar-refractivity contribution in [2.45, 2.75) is 32.2 Å². The van der Waals surface area contributed by atoms with E-state index in [4.69, 9.17) is 5.73 Å². The zero-order valence-corrected chi connectivity index (χ0v) is 9.69. The number of rotatable bonds is 4. The van der Waals surface area contributed by atoms with Gasteiger partial charge in [-0.05, 0) is 18.6 Å². The van der Waals surface area contributed by atoms with Crippen molar-refractivity contribution in [3.05, 3.63) is 42.1 Å². The van der Waals surface area contributed by atoms with E-state index < -0.39 is 0 Å². The Bertz CT molecular complexity index is 465. The molecule has 0 aliphatic carbocycles. The van der Waals surface area contributed by atoms with Crippen molar-refractivity contribution < 1.29 is 0 Å². The number of hydrogen-bond donors (Lipinski definition) is 1. The van der Waals surface area contributed by atoms with E-state index in [0.717, 1.165) is 24.1 Å². The molecule has 0 saturated heterocycles. The molecular weight excluding hydrogens is 196 g/mol. The molecule has 0 aliphatic rings. The Morgan fingerprint density at radius 1 is 1.19 bits per heavy atom. The number of aromatic nitrogens is 1. The number of fused-ring (bicyclic) bond motifs is 1. The summed E-state index contributed by atoms with van der Waals surface area (Å²) >= 11 is 0. The predicted molar refractivity (Wildman–Crippen MR) is 68.2 cm³/mol. The SMILES string of the molecule is CCCCC(N)c1ccc2ccccc2n1. The van der Waals surface area contributed by atoms with Gasteiger partial charge in [-0.1, -0.05) is 44.0 Å². The van der Waals surface area contributed by atoms with E-state index >= 15 is 0 Å². The first kappa shape index (κ1) is 11.1. The molecule has 1 aromatic carbocycles. The molecule has 1 atom stereocenters. The van der Waals surface area contributed by atoms with Crippen molar-refractivity contribution in [1.82, 2.24) is 4.98 Å². The summed E-state index contributed by atoms with van der Waals surface area (Å²) in [4.78, 5) is 4.60. The number of hydrogen-bond acceptors (Lipinski definition) is 2. The first-order chi connectivity index (χ1) is 7.81. The fourth-order valence-corrected chi connectivity index (χ4v) is 1.86. The molecule has 2 N–H and O–H groups in total. The highest BCUT2D eigenvalue weighted by Gasteiger charge is 2.07. The molecule has 0 fully saturated rings. The third-order valence-corrected chi connectivity index (χ3v) is 2.87. The molecule has 0 spiro atoms. The van der Waals surface area contributed by atoms with Crippen molar-refractivity contribution in [2.24, 2.45) is 5.73 Å². The van der Waals surface area contributed by atoms with E-state index in [1.165, 1.54) is 11.8 Å². The third kappa shape index (κ3) is 2.39. The molecule has 0 aliphatic heterocycles. The molecule has 2 aromatic rings. The van der Waals surface area contributed by atoms with Crippen LogP contribution in [-0.4, -0.2) is 4.98 Å². The Morgan fingerprint density at radius 2 is 2.00 bits per heavy atom. The highest BCUT2D eigenvalue weighted by atomic mass is 14.8. The average Bonchev–Trinajstić information content (AvgIpc) is 2.35. The summed E-state index contributed by atoms with van der Waals surface area (Å²) in [5.41, 5.74) is 8.15. The summed E-state index contributed by atoms with van der Waals surface area (Å²) in [5.74, 6) is 0. The van der Waals surface area contributed by atoms with Gasteiger partial charge in [0.2, 0.25) is 0 Å². The van der Waals surface area contributed by atoms with Crippen LogP contribution >= 0.6 is 0 Å². The number of benzene rings is 1. The lowest BCUT2D eigenvalue weighted by molar-refractivity contribution is 0.592. The van der Waals surface area contributed by atoms with Crippen LogP contribution in [0.4, 0.5) is 0 Å². The van der Waals surface area contributed by atoms with E-state index in [-0.39, 0.29) is 6.04 Å². The molecular formula is C14H18N2. The topological polar surface area (TPSA) is 38.9 Å². The zero-order chi connectivity index (χ0) is 11.4. The molecule has 0 radical (unpaired) electrons. The highest BCUT2D eigenvalue weighted by Crippen LogP contribution is 2.18. The summed E-state index contributed by atoms with van der Waals surface area (Å²) in [7, 11) is 0. The van der Waals surface area contributed by atoms with Gasteiger partial charge in [0.25, 0.3) is 0 Å². The maximum atomic E-state index is 6.11. The molecule has 2 heteroatoms. The fourth-order valence-electron chi connectivity index (χ4n) is 1.86. The third-order valence-electron chi connectivity index (χ3n) is 2.87. The van der Waals surface area contributed by atoms with Crippen molar-refractivity contribution in [3.8, 4) is 0 Å². The largest absolute Gasteiger partial charge is 0.323 e. The Labute approximate surface area is 96.5 Å². The maximum Gasteiger partial charge on any atom is 0.0706 e. The van der Waals surface area contributed by atoms with Gasteiger partial charge in [-0.3, -0.25) is 4.98 Å². The van der Waals surface area contributed by atoms with Gasteiger partial charge in [-0.25, -0.2) is 0 Å². The van der Waals surface area contributed by atoms with Gasteiger partial charge in [0.15, 0.2) is 0 Å². The minimum absolute atomic E-state index is 0.0737. The molecule has 2 rings (SSSR count). The Hall–Kier alpha value is -1.41. The van der Waals surface area contributed by atoms with Crippen LogP contribution in [0.15, 0.2) is 36.4 Å². The van der Waals surface area contributed by atoms with Gasteiger partial charge in [-0.15, -0.1) is 0 Å². The second kappa shape index (κ2) is 5.08. The number of unbranched alkanes of at least 4 members (excludes halogenated alkanes) is 1. The summed E-state index contributed by atoms with van der Waals surface area (Å²) in [5, 5.41) is 1.17. The van der Waals surface area contributed by atoms with Crippen LogP contribution in [0.5, 0.6) is 0 Å². The minimum atomic E-state index is 0.0737. The van der Waals surface area contributed by atoms with Gasteiger partial charge in [0.05, 0.1) is 11.2 Å². The van der Waals surface area contributed by atoms with E-state index in [0.29, 0.717) is 0 Å². The van der Waals surface area contributed by atoms with Crippen LogP contribution in [0.2, 0.25) is 0 Å². The smallest absolute Gasteiger partial charge is 0.0706 e. The van der Waals surface area contributed by atoms with Crippen molar-refractivity contribution >= 4 is 10.9 Å².